The van der Waals surface area contributed by atoms with Gasteiger partial charge in [0.15, 0.2) is 0 Å². The van der Waals surface area contributed by atoms with Gasteiger partial charge in [-0.3, -0.25) is 4.68 Å². The third-order valence-corrected chi connectivity index (χ3v) is 3.86. The zero-order valence-electron chi connectivity index (χ0n) is 9.69. The van der Waals surface area contributed by atoms with E-state index in [-0.39, 0.29) is 12.1 Å². The summed E-state index contributed by atoms with van der Waals surface area (Å²) in [4.78, 5) is 0. The highest BCUT2D eigenvalue weighted by Crippen LogP contribution is 2.32. The summed E-state index contributed by atoms with van der Waals surface area (Å²) in [6.45, 7) is 5.90. The molecule has 0 radical (unpaired) electrons. The Balaban J connectivity index is 2.25. The highest BCUT2D eigenvalue weighted by molar-refractivity contribution is 9.10. The van der Waals surface area contributed by atoms with Gasteiger partial charge >= 0.3 is 0 Å². The average Bonchev–Trinajstić information content (AvgIpc) is 2.83. The van der Waals surface area contributed by atoms with Crippen molar-refractivity contribution < 1.29 is 4.74 Å². The molecule has 2 N–H and O–H groups in total. The number of halogens is 1. The first-order valence-electron chi connectivity index (χ1n) is 5.73. The average molecular weight is 288 g/mol. The van der Waals surface area contributed by atoms with Gasteiger partial charge in [0.1, 0.15) is 0 Å². The van der Waals surface area contributed by atoms with E-state index in [1.54, 1.807) is 6.20 Å². The lowest BCUT2D eigenvalue weighted by atomic mass is 9.96. The Morgan fingerprint density at radius 1 is 1.75 bits per heavy atom. The van der Waals surface area contributed by atoms with Crippen molar-refractivity contribution >= 4 is 15.9 Å². The number of nitrogens with two attached hydrogens (primary N) is 1. The van der Waals surface area contributed by atoms with Crippen LogP contribution in [-0.2, 0) is 11.3 Å². The fourth-order valence-corrected chi connectivity index (χ4v) is 2.85. The molecule has 2 heterocycles. The predicted octanol–water partition coefficient (Wildman–Crippen LogP) is 2.09. The first-order valence-corrected chi connectivity index (χ1v) is 6.52. The summed E-state index contributed by atoms with van der Waals surface area (Å²) in [7, 11) is 0. The summed E-state index contributed by atoms with van der Waals surface area (Å²) in [6, 6.07) is -0.102. The monoisotopic (exact) mass is 287 g/mol. The van der Waals surface area contributed by atoms with Gasteiger partial charge in [-0.2, -0.15) is 5.10 Å². The van der Waals surface area contributed by atoms with Gasteiger partial charge in [0.25, 0.3) is 0 Å². The fraction of sp³-hybridized carbons (Fsp3) is 0.727. The van der Waals surface area contributed by atoms with Crippen LogP contribution in [-0.4, -0.2) is 22.5 Å². The quantitative estimate of drug-likeness (QED) is 0.926. The molecule has 0 aromatic carbocycles. The first kappa shape index (κ1) is 12.1. The first-order chi connectivity index (χ1) is 7.65. The maximum Gasteiger partial charge on any atom is 0.0809 e. The molecule has 1 saturated heterocycles. The predicted molar refractivity (Wildman–Crippen MR) is 66.1 cm³/mol. The smallest absolute Gasteiger partial charge is 0.0809 e. The SMILES string of the molecule is CCn1ncc(Br)c1C(N)C1OCCC1C. The molecular formula is C11H18BrN3O. The van der Waals surface area contributed by atoms with E-state index >= 15 is 0 Å². The molecule has 2 rings (SSSR count). The zero-order valence-corrected chi connectivity index (χ0v) is 11.3. The van der Waals surface area contributed by atoms with Crippen molar-refractivity contribution in [2.45, 2.75) is 39.0 Å². The Kier molecular flexibility index (Phi) is 3.66. The Morgan fingerprint density at radius 3 is 3.06 bits per heavy atom. The van der Waals surface area contributed by atoms with Crippen LogP contribution in [0.3, 0.4) is 0 Å². The number of ether oxygens (including phenoxy) is 1. The Morgan fingerprint density at radius 2 is 2.50 bits per heavy atom. The molecule has 16 heavy (non-hydrogen) atoms. The van der Waals surface area contributed by atoms with Crippen molar-refractivity contribution in [3.8, 4) is 0 Å². The van der Waals surface area contributed by atoms with Crippen molar-refractivity contribution in [1.82, 2.24) is 9.78 Å². The molecule has 0 aliphatic carbocycles. The van der Waals surface area contributed by atoms with E-state index in [1.165, 1.54) is 0 Å². The molecule has 1 aliphatic heterocycles. The third-order valence-electron chi connectivity index (χ3n) is 3.25. The van der Waals surface area contributed by atoms with Crippen molar-refractivity contribution in [3.63, 3.8) is 0 Å². The fourth-order valence-electron chi connectivity index (χ4n) is 2.29. The van der Waals surface area contributed by atoms with E-state index in [1.807, 2.05) is 4.68 Å². The number of hydrogen-bond acceptors (Lipinski definition) is 3. The molecule has 1 fully saturated rings. The molecule has 1 aliphatic rings. The van der Waals surface area contributed by atoms with Gasteiger partial charge in [-0.05, 0) is 35.2 Å². The van der Waals surface area contributed by atoms with E-state index in [0.717, 1.165) is 29.7 Å². The second kappa shape index (κ2) is 4.85. The Bertz CT molecular complexity index is 366. The molecule has 3 atom stereocenters. The van der Waals surface area contributed by atoms with Crippen molar-refractivity contribution in [2.75, 3.05) is 6.61 Å². The number of aryl methyl sites for hydroxylation is 1. The molecule has 5 heteroatoms. The van der Waals surface area contributed by atoms with Gasteiger partial charge in [0.05, 0.1) is 28.5 Å². The summed E-state index contributed by atoms with van der Waals surface area (Å²) in [6.07, 6.45) is 3.01. The minimum absolute atomic E-state index is 0.102. The van der Waals surface area contributed by atoms with Gasteiger partial charge in [0, 0.05) is 13.2 Å². The lowest BCUT2D eigenvalue weighted by Crippen LogP contribution is -2.32. The molecule has 0 saturated carbocycles. The molecule has 4 nitrogen and oxygen atoms in total. The molecule has 3 unspecified atom stereocenters. The minimum atomic E-state index is -0.102. The van der Waals surface area contributed by atoms with Crippen LogP contribution in [0.25, 0.3) is 0 Å². The molecular weight excluding hydrogens is 270 g/mol. The maximum atomic E-state index is 6.30. The third kappa shape index (κ3) is 2.04. The Labute approximate surface area is 104 Å². The molecule has 1 aromatic heterocycles. The molecule has 90 valence electrons. The van der Waals surface area contributed by atoms with E-state index in [0.29, 0.717) is 5.92 Å². The maximum absolute atomic E-state index is 6.30. The van der Waals surface area contributed by atoms with Crippen LogP contribution in [0.2, 0.25) is 0 Å². The van der Waals surface area contributed by atoms with Crippen LogP contribution in [0.4, 0.5) is 0 Å². The second-order valence-corrected chi connectivity index (χ2v) is 5.17. The van der Waals surface area contributed by atoms with E-state index < -0.39 is 0 Å². The van der Waals surface area contributed by atoms with E-state index in [2.05, 4.69) is 34.9 Å². The van der Waals surface area contributed by atoms with Crippen LogP contribution in [0, 0.1) is 5.92 Å². The summed E-state index contributed by atoms with van der Waals surface area (Å²) in [5.41, 5.74) is 7.34. The van der Waals surface area contributed by atoms with E-state index in [9.17, 15) is 0 Å². The summed E-state index contributed by atoms with van der Waals surface area (Å²) in [5, 5.41) is 4.29. The van der Waals surface area contributed by atoms with Crippen molar-refractivity contribution in [1.29, 1.82) is 0 Å². The number of aromatic nitrogens is 2. The molecule has 1 aromatic rings. The summed E-state index contributed by atoms with van der Waals surface area (Å²) in [5.74, 6) is 0.516. The van der Waals surface area contributed by atoms with Gasteiger partial charge in [-0.25, -0.2) is 0 Å². The van der Waals surface area contributed by atoms with Gasteiger partial charge in [-0.15, -0.1) is 0 Å². The van der Waals surface area contributed by atoms with Gasteiger partial charge in [0.2, 0.25) is 0 Å². The topological polar surface area (TPSA) is 53.1 Å². The highest BCUT2D eigenvalue weighted by atomic mass is 79.9. The van der Waals surface area contributed by atoms with Crippen LogP contribution in [0.5, 0.6) is 0 Å². The largest absolute Gasteiger partial charge is 0.376 e. The van der Waals surface area contributed by atoms with Crippen LogP contribution in [0.1, 0.15) is 32.0 Å². The molecule has 0 spiro atoms. The highest BCUT2D eigenvalue weighted by Gasteiger charge is 2.33. The second-order valence-electron chi connectivity index (χ2n) is 4.32. The van der Waals surface area contributed by atoms with Crippen LogP contribution >= 0.6 is 15.9 Å². The molecule has 0 bridgehead atoms. The number of rotatable bonds is 3. The van der Waals surface area contributed by atoms with Gasteiger partial charge in [-0.1, -0.05) is 6.92 Å². The zero-order chi connectivity index (χ0) is 11.7. The number of hydrogen-bond donors (Lipinski definition) is 1. The van der Waals surface area contributed by atoms with Crippen LogP contribution in [0.15, 0.2) is 10.7 Å². The summed E-state index contributed by atoms with van der Waals surface area (Å²) < 4.78 is 8.63. The van der Waals surface area contributed by atoms with Crippen molar-refractivity contribution in [3.05, 3.63) is 16.4 Å². The molecule has 0 amide bonds. The number of nitrogens with zero attached hydrogens (tertiary/aromatic N) is 2. The van der Waals surface area contributed by atoms with E-state index in [4.69, 9.17) is 10.5 Å². The lowest BCUT2D eigenvalue weighted by molar-refractivity contribution is 0.0698. The lowest BCUT2D eigenvalue weighted by Gasteiger charge is -2.23. The standard InChI is InChI=1S/C11H18BrN3O/c1-3-15-10(8(12)6-14-15)9(13)11-7(2)4-5-16-11/h6-7,9,11H,3-5,13H2,1-2H3. The normalized spacial score (nSPS) is 27.2. The van der Waals surface area contributed by atoms with Gasteiger partial charge < -0.3 is 10.5 Å². The van der Waals surface area contributed by atoms with Crippen LogP contribution < -0.4 is 5.73 Å². The Hall–Kier alpha value is -0.390. The summed E-state index contributed by atoms with van der Waals surface area (Å²) >= 11 is 3.51. The van der Waals surface area contributed by atoms with Crippen molar-refractivity contribution in [2.24, 2.45) is 11.7 Å². The minimum Gasteiger partial charge on any atom is -0.376 e.